The molecule has 2 unspecified atom stereocenters. The fourth-order valence-electron chi connectivity index (χ4n) is 3.87. The Morgan fingerprint density at radius 1 is 1.20 bits per heavy atom. The van der Waals surface area contributed by atoms with Gasteiger partial charge in [-0.3, -0.25) is 4.79 Å². The average molecular weight is 419 g/mol. The predicted octanol–water partition coefficient (Wildman–Crippen LogP) is 1.88. The Kier molecular flexibility index (Phi) is 6.67. The standard InChI is InChI=1S/C21H34N6O3/c1-15(24-20(29)30-21(2,3)4)16-7-6-8-26(12-16)17-11-18(23-14-22-17)27-10-9-25(5)19(28)13-27/h11,14-16H,6-10,12-13H2,1-5H3,(H,24,29). The van der Waals surface area contributed by atoms with Gasteiger partial charge >= 0.3 is 6.09 Å². The van der Waals surface area contributed by atoms with Gasteiger partial charge in [-0.2, -0.15) is 0 Å². The minimum absolute atomic E-state index is 0.000731. The van der Waals surface area contributed by atoms with Crippen LogP contribution in [0.4, 0.5) is 16.4 Å². The van der Waals surface area contributed by atoms with Crippen LogP contribution >= 0.6 is 0 Å². The molecule has 166 valence electrons. The molecule has 0 saturated carbocycles. The first-order valence-corrected chi connectivity index (χ1v) is 10.7. The normalized spacial score (nSPS) is 21.4. The lowest BCUT2D eigenvalue weighted by molar-refractivity contribution is -0.129. The van der Waals surface area contributed by atoms with E-state index in [4.69, 9.17) is 4.74 Å². The van der Waals surface area contributed by atoms with Gasteiger partial charge in [0.2, 0.25) is 5.91 Å². The van der Waals surface area contributed by atoms with E-state index in [1.54, 1.807) is 11.2 Å². The van der Waals surface area contributed by atoms with Crippen molar-refractivity contribution in [3.05, 3.63) is 12.4 Å². The summed E-state index contributed by atoms with van der Waals surface area (Å²) in [4.78, 5) is 39.0. The molecule has 2 amide bonds. The van der Waals surface area contributed by atoms with Crippen molar-refractivity contribution in [3.63, 3.8) is 0 Å². The molecular weight excluding hydrogens is 384 g/mol. The van der Waals surface area contributed by atoms with E-state index in [0.717, 1.165) is 44.1 Å². The molecule has 0 spiro atoms. The van der Waals surface area contributed by atoms with Crippen molar-refractivity contribution >= 4 is 23.6 Å². The third kappa shape index (κ3) is 5.73. The van der Waals surface area contributed by atoms with Crippen molar-refractivity contribution in [2.45, 2.75) is 52.2 Å². The summed E-state index contributed by atoms with van der Waals surface area (Å²) in [5.41, 5.74) is -0.510. The molecule has 3 rings (SSSR count). The fraction of sp³-hybridized carbons (Fsp3) is 0.714. The molecule has 9 nitrogen and oxygen atoms in total. The highest BCUT2D eigenvalue weighted by Crippen LogP contribution is 2.26. The molecule has 1 aromatic heterocycles. The maximum Gasteiger partial charge on any atom is 0.407 e. The van der Waals surface area contributed by atoms with E-state index in [1.807, 2.05) is 45.7 Å². The number of hydrogen-bond donors (Lipinski definition) is 1. The molecule has 0 bridgehead atoms. The Morgan fingerprint density at radius 3 is 2.57 bits per heavy atom. The van der Waals surface area contributed by atoms with Crippen molar-refractivity contribution in [3.8, 4) is 0 Å². The fourth-order valence-corrected chi connectivity index (χ4v) is 3.87. The number of nitrogens with one attached hydrogen (secondary N) is 1. The van der Waals surface area contributed by atoms with Crippen LogP contribution in [0.5, 0.6) is 0 Å². The minimum Gasteiger partial charge on any atom is -0.444 e. The predicted molar refractivity (Wildman–Crippen MR) is 116 cm³/mol. The maximum absolute atomic E-state index is 12.1. The van der Waals surface area contributed by atoms with E-state index in [2.05, 4.69) is 20.2 Å². The Hall–Kier alpha value is -2.58. The van der Waals surface area contributed by atoms with Crippen molar-refractivity contribution in [1.82, 2.24) is 20.2 Å². The van der Waals surface area contributed by atoms with Crippen molar-refractivity contribution in [2.24, 2.45) is 5.92 Å². The van der Waals surface area contributed by atoms with Gasteiger partial charge in [0, 0.05) is 45.3 Å². The summed E-state index contributed by atoms with van der Waals surface area (Å²) in [6.07, 6.45) is 3.26. The third-order valence-corrected chi connectivity index (χ3v) is 5.65. The summed E-state index contributed by atoms with van der Waals surface area (Å²) in [7, 11) is 1.82. The SMILES string of the molecule is CC(NC(=O)OC(C)(C)C)C1CCCN(c2cc(N3CCN(C)C(=O)C3)ncn2)C1. The number of anilines is 2. The number of carbonyl (C=O) groups excluding carboxylic acids is 2. The molecule has 3 heterocycles. The second kappa shape index (κ2) is 9.06. The zero-order chi connectivity index (χ0) is 21.9. The van der Waals surface area contributed by atoms with E-state index in [1.165, 1.54) is 0 Å². The highest BCUT2D eigenvalue weighted by atomic mass is 16.6. The molecule has 2 fully saturated rings. The molecule has 30 heavy (non-hydrogen) atoms. The van der Waals surface area contributed by atoms with Gasteiger partial charge in [-0.15, -0.1) is 0 Å². The van der Waals surface area contributed by atoms with Crippen LogP contribution in [0.1, 0.15) is 40.5 Å². The molecule has 0 aromatic carbocycles. The summed E-state index contributed by atoms with van der Waals surface area (Å²) in [6, 6.07) is 1.96. The van der Waals surface area contributed by atoms with E-state index in [9.17, 15) is 9.59 Å². The smallest absolute Gasteiger partial charge is 0.407 e. The molecule has 2 saturated heterocycles. The molecule has 0 aliphatic carbocycles. The first-order chi connectivity index (χ1) is 14.1. The zero-order valence-electron chi connectivity index (χ0n) is 18.7. The molecule has 1 aromatic rings. The van der Waals surface area contributed by atoms with E-state index in [0.29, 0.717) is 19.0 Å². The highest BCUT2D eigenvalue weighted by molar-refractivity contribution is 5.82. The lowest BCUT2D eigenvalue weighted by atomic mass is 9.91. The van der Waals surface area contributed by atoms with Gasteiger partial charge in [-0.05, 0) is 46.5 Å². The first kappa shape index (κ1) is 22.1. The van der Waals surface area contributed by atoms with Gasteiger partial charge in [-0.1, -0.05) is 0 Å². The van der Waals surface area contributed by atoms with Crippen LogP contribution in [-0.4, -0.2) is 78.3 Å². The largest absolute Gasteiger partial charge is 0.444 e. The summed E-state index contributed by atoms with van der Waals surface area (Å²) in [6.45, 7) is 11.1. The molecule has 1 N–H and O–H groups in total. The number of rotatable bonds is 4. The first-order valence-electron chi connectivity index (χ1n) is 10.7. The lowest BCUT2D eigenvalue weighted by Gasteiger charge is -2.37. The van der Waals surface area contributed by atoms with Gasteiger partial charge in [0.15, 0.2) is 0 Å². The molecule has 9 heteroatoms. The van der Waals surface area contributed by atoms with Crippen molar-refractivity contribution < 1.29 is 14.3 Å². The van der Waals surface area contributed by atoms with Crippen LogP contribution in [0.2, 0.25) is 0 Å². The van der Waals surface area contributed by atoms with Crippen LogP contribution in [-0.2, 0) is 9.53 Å². The van der Waals surface area contributed by atoms with Gasteiger partial charge in [0.25, 0.3) is 0 Å². The van der Waals surface area contributed by atoms with Gasteiger partial charge < -0.3 is 24.8 Å². The second-order valence-corrected chi connectivity index (χ2v) is 9.25. The van der Waals surface area contributed by atoms with Crippen LogP contribution < -0.4 is 15.1 Å². The summed E-state index contributed by atoms with van der Waals surface area (Å²) >= 11 is 0. The topological polar surface area (TPSA) is 90.9 Å². The minimum atomic E-state index is -0.510. The number of likely N-dealkylation sites (N-methyl/N-ethyl adjacent to an activating group) is 1. The van der Waals surface area contributed by atoms with Crippen molar-refractivity contribution in [2.75, 3.05) is 49.6 Å². The molecule has 2 atom stereocenters. The number of piperazine rings is 1. The average Bonchev–Trinajstić information content (AvgIpc) is 2.69. The Labute approximate surface area is 178 Å². The molecular formula is C21H34N6O3. The van der Waals surface area contributed by atoms with Crippen molar-refractivity contribution in [1.29, 1.82) is 0 Å². The number of ether oxygens (including phenoxy) is 1. The summed E-state index contributed by atoms with van der Waals surface area (Å²) < 4.78 is 5.39. The summed E-state index contributed by atoms with van der Waals surface area (Å²) in [5, 5.41) is 2.98. The molecule has 0 radical (unpaired) electrons. The number of nitrogens with zero attached hydrogens (tertiary/aromatic N) is 5. The molecule has 2 aliphatic rings. The Bertz CT molecular complexity index is 765. The number of carbonyl (C=O) groups is 2. The number of amides is 2. The number of hydrogen-bond acceptors (Lipinski definition) is 7. The zero-order valence-corrected chi connectivity index (χ0v) is 18.7. The quantitative estimate of drug-likeness (QED) is 0.798. The van der Waals surface area contributed by atoms with E-state index in [-0.39, 0.29) is 18.0 Å². The maximum atomic E-state index is 12.1. The van der Waals surface area contributed by atoms with E-state index >= 15 is 0 Å². The van der Waals surface area contributed by atoms with E-state index < -0.39 is 5.60 Å². The molecule has 2 aliphatic heterocycles. The second-order valence-electron chi connectivity index (χ2n) is 9.25. The van der Waals surface area contributed by atoms with Gasteiger partial charge in [0.05, 0.1) is 6.54 Å². The monoisotopic (exact) mass is 418 g/mol. The Morgan fingerprint density at radius 2 is 1.90 bits per heavy atom. The number of piperidine rings is 1. The van der Waals surface area contributed by atoms with Crippen LogP contribution in [0.3, 0.4) is 0 Å². The third-order valence-electron chi connectivity index (χ3n) is 5.65. The number of alkyl carbamates (subject to hydrolysis) is 1. The van der Waals surface area contributed by atoms with Crippen LogP contribution in [0.15, 0.2) is 12.4 Å². The number of aromatic nitrogens is 2. The van der Waals surface area contributed by atoms with Gasteiger partial charge in [-0.25, -0.2) is 14.8 Å². The summed E-state index contributed by atoms with van der Waals surface area (Å²) in [5.74, 6) is 2.04. The van der Waals surface area contributed by atoms with Crippen LogP contribution in [0.25, 0.3) is 0 Å². The van der Waals surface area contributed by atoms with Gasteiger partial charge in [0.1, 0.15) is 23.6 Å². The van der Waals surface area contributed by atoms with Crippen LogP contribution in [0, 0.1) is 5.92 Å². The highest BCUT2D eigenvalue weighted by Gasteiger charge is 2.29. The Balaban J connectivity index is 1.62. The lowest BCUT2D eigenvalue weighted by Crippen LogP contribution is -2.49.